The highest BCUT2D eigenvalue weighted by Crippen LogP contribution is 2.43. The van der Waals surface area contributed by atoms with E-state index in [1.54, 1.807) is 7.11 Å². The quantitative estimate of drug-likeness (QED) is 0.861. The Morgan fingerprint density at radius 2 is 2.36 bits per heavy atom. The fourth-order valence-corrected chi connectivity index (χ4v) is 4.46. The number of carbonyl (C=O) groups excluding carboxylic acids is 1. The van der Waals surface area contributed by atoms with Crippen LogP contribution in [0.4, 0.5) is 0 Å². The standard InChI is InChI=1S/C17H23BrN2O2/c1-22-15-6-5-12(8-14(15)18)9-20-16(21)17-7-3-2-4-13(17)10-19-11-17/h5-6,8,13,19H,2-4,7,9-11H2,1H3,(H,20,21)/t13-,17+/m0/s1. The summed E-state index contributed by atoms with van der Waals surface area (Å²) in [5.74, 6) is 1.53. The van der Waals surface area contributed by atoms with Crippen LogP contribution in [0.5, 0.6) is 5.75 Å². The summed E-state index contributed by atoms with van der Waals surface area (Å²) >= 11 is 3.49. The number of methoxy groups -OCH3 is 1. The molecule has 4 nitrogen and oxygen atoms in total. The van der Waals surface area contributed by atoms with Crippen molar-refractivity contribution in [2.24, 2.45) is 11.3 Å². The van der Waals surface area contributed by atoms with Crippen molar-refractivity contribution in [3.63, 3.8) is 0 Å². The van der Waals surface area contributed by atoms with Gasteiger partial charge in [-0.25, -0.2) is 0 Å². The zero-order chi connectivity index (χ0) is 15.6. The topological polar surface area (TPSA) is 50.4 Å². The van der Waals surface area contributed by atoms with Gasteiger partial charge in [-0.1, -0.05) is 18.9 Å². The van der Waals surface area contributed by atoms with Gasteiger partial charge in [0.05, 0.1) is 17.0 Å². The number of ether oxygens (including phenoxy) is 1. The Labute approximate surface area is 140 Å². The van der Waals surface area contributed by atoms with Gasteiger partial charge >= 0.3 is 0 Å². The highest BCUT2D eigenvalue weighted by Gasteiger charge is 2.49. The summed E-state index contributed by atoms with van der Waals surface area (Å²) < 4.78 is 6.15. The third kappa shape index (κ3) is 2.88. The maximum atomic E-state index is 12.8. The number of fused-ring (bicyclic) bond motifs is 1. The zero-order valence-corrected chi connectivity index (χ0v) is 14.5. The van der Waals surface area contributed by atoms with Crippen molar-refractivity contribution in [3.05, 3.63) is 28.2 Å². The van der Waals surface area contributed by atoms with E-state index in [9.17, 15) is 4.79 Å². The number of nitrogens with one attached hydrogen (secondary N) is 2. The minimum absolute atomic E-state index is 0.179. The van der Waals surface area contributed by atoms with Crippen LogP contribution in [0, 0.1) is 11.3 Å². The van der Waals surface area contributed by atoms with Crippen molar-refractivity contribution in [2.75, 3.05) is 20.2 Å². The molecule has 0 spiro atoms. The molecule has 120 valence electrons. The summed E-state index contributed by atoms with van der Waals surface area (Å²) in [6, 6.07) is 5.92. The van der Waals surface area contributed by atoms with E-state index in [2.05, 4.69) is 26.6 Å². The van der Waals surface area contributed by atoms with Crippen LogP contribution < -0.4 is 15.4 Å². The van der Waals surface area contributed by atoms with Gasteiger partial charge in [-0.15, -0.1) is 0 Å². The molecule has 1 heterocycles. The third-order valence-corrected chi connectivity index (χ3v) is 5.78. The van der Waals surface area contributed by atoms with Gasteiger partial charge in [-0.3, -0.25) is 4.79 Å². The molecule has 1 aliphatic heterocycles. The molecule has 2 atom stereocenters. The molecule has 2 aliphatic rings. The average molecular weight is 367 g/mol. The van der Waals surface area contributed by atoms with Crippen molar-refractivity contribution >= 4 is 21.8 Å². The largest absolute Gasteiger partial charge is 0.496 e. The van der Waals surface area contributed by atoms with Crippen LogP contribution in [0.3, 0.4) is 0 Å². The second kappa shape index (κ2) is 6.59. The van der Waals surface area contributed by atoms with Crippen molar-refractivity contribution in [2.45, 2.75) is 32.2 Å². The van der Waals surface area contributed by atoms with Gasteiger partial charge < -0.3 is 15.4 Å². The first-order chi connectivity index (χ1) is 10.7. The lowest BCUT2D eigenvalue weighted by atomic mass is 9.67. The molecule has 0 aromatic heterocycles. The monoisotopic (exact) mass is 366 g/mol. The van der Waals surface area contributed by atoms with E-state index in [0.717, 1.165) is 35.3 Å². The number of halogens is 1. The van der Waals surface area contributed by atoms with E-state index in [0.29, 0.717) is 12.5 Å². The summed E-state index contributed by atoms with van der Waals surface area (Å²) in [6.45, 7) is 2.38. The van der Waals surface area contributed by atoms with Gasteiger partial charge in [-0.05, 0) is 58.9 Å². The Bertz CT molecular complexity index is 564. The highest BCUT2D eigenvalue weighted by molar-refractivity contribution is 9.10. The number of carbonyl (C=O) groups is 1. The lowest BCUT2D eigenvalue weighted by Crippen LogP contribution is -2.47. The Kier molecular flexibility index (Phi) is 4.73. The molecule has 22 heavy (non-hydrogen) atoms. The maximum Gasteiger partial charge on any atom is 0.228 e. The number of benzene rings is 1. The van der Waals surface area contributed by atoms with Gasteiger partial charge in [0, 0.05) is 13.1 Å². The molecule has 1 aliphatic carbocycles. The Morgan fingerprint density at radius 3 is 3.14 bits per heavy atom. The predicted octanol–water partition coefficient (Wildman–Crippen LogP) is 2.85. The fraction of sp³-hybridized carbons (Fsp3) is 0.588. The van der Waals surface area contributed by atoms with Crippen molar-refractivity contribution < 1.29 is 9.53 Å². The van der Waals surface area contributed by atoms with Crippen LogP contribution in [0.15, 0.2) is 22.7 Å². The number of hydrogen-bond acceptors (Lipinski definition) is 3. The maximum absolute atomic E-state index is 12.8. The van der Waals surface area contributed by atoms with Crippen molar-refractivity contribution in [1.29, 1.82) is 0 Å². The summed E-state index contributed by atoms with van der Waals surface area (Å²) in [7, 11) is 1.65. The molecule has 1 saturated heterocycles. The Balaban J connectivity index is 1.66. The second-order valence-electron chi connectivity index (χ2n) is 6.38. The molecule has 0 bridgehead atoms. The van der Waals surface area contributed by atoms with Gasteiger partial charge in [0.2, 0.25) is 5.91 Å². The Morgan fingerprint density at radius 1 is 1.50 bits per heavy atom. The van der Waals surface area contributed by atoms with Crippen molar-refractivity contribution in [1.82, 2.24) is 10.6 Å². The minimum Gasteiger partial charge on any atom is -0.496 e. The first-order valence-electron chi connectivity index (χ1n) is 7.97. The molecule has 0 radical (unpaired) electrons. The molecule has 1 aromatic carbocycles. The van der Waals surface area contributed by atoms with E-state index >= 15 is 0 Å². The van der Waals surface area contributed by atoms with Crippen molar-refractivity contribution in [3.8, 4) is 5.75 Å². The van der Waals surface area contributed by atoms with E-state index in [1.165, 1.54) is 19.3 Å². The molecule has 1 saturated carbocycles. The smallest absolute Gasteiger partial charge is 0.228 e. The highest BCUT2D eigenvalue weighted by atomic mass is 79.9. The van der Waals surface area contributed by atoms with Gasteiger partial charge in [0.25, 0.3) is 0 Å². The van der Waals surface area contributed by atoms with Crippen LogP contribution in [0.1, 0.15) is 31.2 Å². The second-order valence-corrected chi connectivity index (χ2v) is 7.24. The number of hydrogen-bond donors (Lipinski definition) is 2. The lowest BCUT2D eigenvalue weighted by molar-refractivity contribution is -0.134. The number of rotatable bonds is 4. The molecular weight excluding hydrogens is 344 g/mol. The summed E-state index contributed by atoms with van der Waals surface area (Å²) in [5, 5.41) is 6.58. The van der Waals surface area contributed by atoms with Crippen LogP contribution in [-0.2, 0) is 11.3 Å². The minimum atomic E-state index is -0.179. The van der Waals surface area contributed by atoms with Gasteiger partial charge in [0.1, 0.15) is 5.75 Å². The first-order valence-corrected chi connectivity index (χ1v) is 8.76. The predicted molar refractivity (Wildman–Crippen MR) is 89.8 cm³/mol. The molecule has 0 unspecified atom stereocenters. The molecule has 1 aromatic rings. The average Bonchev–Trinajstić information content (AvgIpc) is 2.98. The van der Waals surface area contributed by atoms with E-state index in [1.807, 2.05) is 18.2 Å². The first kappa shape index (κ1) is 15.8. The SMILES string of the molecule is COc1ccc(CNC(=O)[C@@]23CCCC[C@H]2CNC3)cc1Br. The summed E-state index contributed by atoms with van der Waals surface area (Å²) in [4.78, 5) is 12.8. The molecule has 3 rings (SSSR count). The van der Waals surface area contributed by atoms with Crippen LogP contribution in [0.2, 0.25) is 0 Å². The zero-order valence-electron chi connectivity index (χ0n) is 13.0. The lowest BCUT2D eigenvalue weighted by Gasteiger charge is -2.37. The van der Waals surface area contributed by atoms with Gasteiger partial charge in [-0.2, -0.15) is 0 Å². The third-order valence-electron chi connectivity index (χ3n) is 5.16. The Hall–Kier alpha value is -1.07. The van der Waals surface area contributed by atoms with E-state index in [4.69, 9.17) is 4.74 Å². The van der Waals surface area contributed by atoms with Gasteiger partial charge in [0.15, 0.2) is 0 Å². The van der Waals surface area contributed by atoms with Crippen LogP contribution >= 0.6 is 15.9 Å². The molecule has 5 heteroatoms. The van der Waals surface area contributed by atoms with E-state index in [-0.39, 0.29) is 11.3 Å². The molecular formula is C17H23BrN2O2. The molecule has 1 amide bonds. The fourth-order valence-electron chi connectivity index (χ4n) is 3.87. The van der Waals surface area contributed by atoms with Crippen LogP contribution in [-0.4, -0.2) is 26.1 Å². The number of amides is 1. The van der Waals surface area contributed by atoms with Crippen LogP contribution in [0.25, 0.3) is 0 Å². The normalized spacial score (nSPS) is 27.3. The molecule has 2 N–H and O–H groups in total. The summed E-state index contributed by atoms with van der Waals surface area (Å²) in [6.07, 6.45) is 4.61. The van der Waals surface area contributed by atoms with E-state index < -0.39 is 0 Å². The summed E-state index contributed by atoms with van der Waals surface area (Å²) in [5.41, 5.74) is 0.901. The molecule has 2 fully saturated rings.